The molecular weight excluding hydrogens is 368 g/mol. The predicted octanol–water partition coefficient (Wildman–Crippen LogP) is 1.01. The van der Waals surface area contributed by atoms with Gasteiger partial charge in [0, 0.05) is 38.6 Å². The first-order valence-electron chi connectivity index (χ1n) is 9.40. The van der Waals surface area contributed by atoms with Crippen molar-refractivity contribution in [1.29, 1.82) is 0 Å². The van der Waals surface area contributed by atoms with Crippen molar-refractivity contribution in [1.82, 2.24) is 28.8 Å². The van der Waals surface area contributed by atoms with Crippen molar-refractivity contribution in [2.75, 3.05) is 31.9 Å². The van der Waals surface area contributed by atoms with E-state index in [1.807, 2.05) is 16.3 Å². The molecule has 0 N–H and O–H groups in total. The van der Waals surface area contributed by atoms with Gasteiger partial charge >= 0.3 is 0 Å². The van der Waals surface area contributed by atoms with Crippen LogP contribution in [0.25, 0.3) is 11.0 Å². The van der Waals surface area contributed by atoms with Crippen LogP contribution in [0.2, 0.25) is 0 Å². The number of carbonyl (C=O) groups is 1. The first kappa shape index (κ1) is 19.8. The number of aromatic nitrogens is 4. The molecule has 2 aromatic rings. The van der Waals surface area contributed by atoms with Gasteiger partial charge < -0.3 is 4.90 Å². The van der Waals surface area contributed by atoms with E-state index in [4.69, 9.17) is 0 Å². The lowest BCUT2D eigenvalue weighted by atomic mass is 10.3. The van der Waals surface area contributed by atoms with Crippen molar-refractivity contribution in [3.63, 3.8) is 0 Å². The number of carbonyl (C=O) groups excluding carboxylic acids is 1. The monoisotopic (exact) mass is 396 g/mol. The van der Waals surface area contributed by atoms with Crippen LogP contribution in [0.1, 0.15) is 38.9 Å². The van der Waals surface area contributed by atoms with Gasteiger partial charge in [-0.3, -0.25) is 14.2 Å². The summed E-state index contributed by atoms with van der Waals surface area (Å²) in [6.45, 7) is 9.85. The average molecular weight is 397 g/mol. The van der Waals surface area contributed by atoms with Gasteiger partial charge in [0.15, 0.2) is 0 Å². The predicted molar refractivity (Wildman–Crippen MR) is 103 cm³/mol. The molecule has 3 rings (SSSR count). The third-order valence-electron chi connectivity index (χ3n) is 5.04. The Balaban J connectivity index is 1.61. The summed E-state index contributed by atoms with van der Waals surface area (Å²) in [6.07, 6.45) is 2.14. The lowest BCUT2D eigenvalue weighted by Crippen LogP contribution is -2.51. The number of rotatable bonds is 6. The van der Waals surface area contributed by atoms with Crippen molar-refractivity contribution in [3.8, 4) is 0 Å². The largest absolute Gasteiger partial charge is 0.340 e. The lowest BCUT2D eigenvalue weighted by Gasteiger charge is -2.33. The van der Waals surface area contributed by atoms with Crippen molar-refractivity contribution in [2.24, 2.45) is 0 Å². The standard InChI is InChI=1S/C17H28N6O3S/c1-5-27(25,26)21-10-8-20(9-11-21)16(24)6-7-22-17-14(4)19-23(13(2)3)15(17)12-18-22/h12-13H,5-11H2,1-4H3. The molecule has 1 aliphatic rings. The fourth-order valence-corrected chi connectivity index (χ4v) is 4.58. The second-order valence-corrected chi connectivity index (χ2v) is 9.41. The number of amides is 1. The highest BCUT2D eigenvalue weighted by molar-refractivity contribution is 7.89. The summed E-state index contributed by atoms with van der Waals surface area (Å²) < 4.78 is 29.1. The van der Waals surface area contributed by atoms with Crippen molar-refractivity contribution in [3.05, 3.63) is 11.9 Å². The fourth-order valence-electron chi connectivity index (χ4n) is 3.50. The molecule has 10 heteroatoms. The molecule has 0 spiro atoms. The normalized spacial score (nSPS) is 16.6. The molecule has 0 aromatic carbocycles. The van der Waals surface area contributed by atoms with Gasteiger partial charge in [0.1, 0.15) is 11.0 Å². The number of piperazine rings is 1. The van der Waals surface area contributed by atoms with Crippen LogP contribution in [0.4, 0.5) is 0 Å². The van der Waals surface area contributed by atoms with E-state index in [0.29, 0.717) is 39.1 Å². The molecule has 0 atom stereocenters. The van der Waals surface area contributed by atoms with Crippen LogP contribution in [-0.2, 0) is 21.4 Å². The molecule has 1 fully saturated rings. The quantitative estimate of drug-likeness (QED) is 0.726. The molecule has 1 amide bonds. The number of hydrogen-bond donors (Lipinski definition) is 0. The summed E-state index contributed by atoms with van der Waals surface area (Å²) in [4.78, 5) is 14.3. The van der Waals surface area contributed by atoms with Gasteiger partial charge in [0.2, 0.25) is 15.9 Å². The molecule has 2 aromatic heterocycles. The minimum absolute atomic E-state index is 0.0288. The van der Waals surface area contributed by atoms with Crippen LogP contribution in [0.15, 0.2) is 6.20 Å². The maximum atomic E-state index is 12.5. The van der Waals surface area contributed by atoms with E-state index in [9.17, 15) is 13.2 Å². The summed E-state index contributed by atoms with van der Waals surface area (Å²) >= 11 is 0. The highest BCUT2D eigenvalue weighted by atomic mass is 32.2. The van der Waals surface area contributed by atoms with Gasteiger partial charge in [0.05, 0.1) is 24.2 Å². The van der Waals surface area contributed by atoms with Gasteiger partial charge in [-0.25, -0.2) is 8.42 Å². The summed E-state index contributed by atoms with van der Waals surface area (Å²) in [5, 5.41) is 8.99. The Morgan fingerprint density at radius 2 is 1.89 bits per heavy atom. The summed E-state index contributed by atoms with van der Waals surface area (Å²) in [5.74, 6) is 0.126. The Hall–Kier alpha value is -1.94. The zero-order valence-corrected chi connectivity index (χ0v) is 17.2. The topological polar surface area (TPSA) is 93.3 Å². The molecule has 0 aliphatic carbocycles. The molecular formula is C17H28N6O3S. The van der Waals surface area contributed by atoms with E-state index >= 15 is 0 Å². The third-order valence-corrected chi connectivity index (χ3v) is 6.93. The number of nitrogens with zero attached hydrogens (tertiary/aromatic N) is 6. The highest BCUT2D eigenvalue weighted by Crippen LogP contribution is 2.21. The summed E-state index contributed by atoms with van der Waals surface area (Å²) in [6, 6.07) is 0.246. The van der Waals surface area contributed by atoms with Crippen molar-refractivity contribution in [2.45, 2.75) is 46.7 Å². The molecule has 1 aliphatic heterocycles. The maximum Gasteiger partial charge on any atom is 0.224 e. The van der Waals surface area contributed by atoms with E-state index in [1.54, 1.807) is 18.0 Å². The SMILES string of the molecule is CCS(=O)(=O)N1CCN(C(=O)CCn2ncc3c2c(C)nn3C(C)C)CC1. The van der Waals surface area contributed by atoms with Crippen LogP contribution in [0, 0.1) is 6.92 Å². The number of fused-ring (bicyclic) bond motifs is 1. The van der Waals surface area contributed by atoms with Crippen LogP contribution >= 0.6 is 0 Å². The minimum Gasteiger partial charge on any atom is -0.340 e. The number of sulfonamides is 1. The smallest absolute Gasteiger partial charge is 0.224 e. The summed E-state index contributed by atoms with van der Waals surface area (Å²) in [5.41, 5.74) is 2.85. The van der Waals surface area contributed by atoms with Gasteiger partial charge in [-0.15, -0.1) is 0 Å². The minimum atomic E-state index is -3.18. The number of aryl methyl sites for hydroxylation is 2. The molecule has 27 heavy (non-hydrogen) atoms. The van der Waals surface area contributed by atoms with E-state index in [1.165, 1.54) is 4.31 Å². The maximum absolute atomic E-state index is 12.5. The summed E-state index contributed by atoms with van der Waals surface area (Å²) in [7, 11) is -3.18. The van der Waals surface area contributed by atoms with Crippen LogP contribution < -0.4 is 0 Å². The fraction of sp³-hybridized carbons (Fsp3) is 0.706. The molecule has 0 radical (unpaired) electrons. The van der Waals surface area contributed by atoms with Crippen molar-refractivity contribution < 1.29 is 13.2 Å². The Morgan fingerprint density at radius 3 is 2.48 bits per heavy atom. The molecule has 3 heterocycles. The Kier molecular flexibility index (Phi) is 5.57. The van der Waals surface area contributed by atoms with E-state index in [0.717, 1.165) is 16.7 Å². The second-order valence-electron chi connectivity index (χ2n) is 7.16. The second kappa shape index (κ2) is 7.59. The van der Waals surface area contributed by atoms with Gasteiger partial charge in [0.25, 0.3) is 0 Å². The lowest BCUT2D eigenvalue weighted by molar-refractivity contribution is -0.132. The molecule has 0 bridgehead atoms. The van der Waals surface area contributed by atoms with Crippen LogP contribution in [-0.4, -0.2) is 75.0 Å². The first-order chi connectivity index (χ1) is 12.7. The average Bonchev–Trinajstić information content (AvgIpc) is 3.21. The van der Waals surface area contributed by atoms with Gasteiger partial charge in [-0.1, -0.05) is 0 Å². The highest BCUT2D eigenvalue weighted by Gasteiger charge is 2.27. The zero-order valence-electron chi connectivity index (χ0n) is 16.4. The van der Waals surface area contributed by atoms with E-state index in [2.05, 4.69) is 24.0 Å². The zero-order chi connectivity index (χ0) is 19.8. The van der Waals surface area contributed by atoms with Gasteiger partial charge in [-0.05, 0) is 27.7 Å². The molecule has 150 valence electrons. The third kappa shape index (κ3) is 3.86. The number of hydrogen-bond acceptors (Lipinski definition) is 5. The molecule has 9 nitrogen and oxygen atoms in total. The Morgan fingerprint density at radius 1 is 1.22 bits per heavy atom. The van der Waals surface area contributed by atoms with E-state index in [-0.39, 0.29) is 17.7 Å². The Bertz CT molecular complexity index is 922. The van der Waals surface area contributed by atoms with Gasteiger partial charge in [-0.2, -0.15) is 14.5 Å². The van der Waals surface area contributed by atoms with Crippen LogP contribution in [0.3, 0.4) is 0 Å². The molecule has 0 saturated carbocycles. The molecule has 0 unspecified atom stereocenters. The molecule has 1 saturated heterocycles. The van der Waals surface area contributed by atoms with E-state index < -0.39 is 10.0 Å². The van der Waals surface area contributed by atoms with Crippen molar-refractivity contribution >= 4 is 27.0 Å². The first-order valence-corrected chi connectivity index (χ1v) is 11.0. The Labute approximate surface area is 160 Å². The van der Waals surface area contributed by atoms with Crippen LogP contribution in [0.5, 0.6) is 0 Å².